The number of carboxylic acid groups (broad SMARTS) is 1. The second kappa shape index (κ2) is 4.36. The van der Waals surface area contributed by atoms with Crippen LogP contribution in [0.2, 0.25) is 0 Å². The molecule has 3 nitrogen and oxygen atoms in total. The van der Waals surface area contributed by atoms with E-state index in [1.165, 1.54) is 0 Å². The molecule has 0 spiro atoms. The van der Waals surface area contributed by atoms with Crippen LogP contribution in [0.15, 0.2) is 12.2 Å². The summed E-state index contributed by atoms with van der Waals surface area (Å²) in [5, 5.41) is 8.38. The van der Waals surface area contributed by atoms with E-state index in [0.717, 1.165) is 0 Å². The lowest BCUT2D eigenvalue weighted by atomic mass is 9.92. The third-order valence-electron chi connectivity index (χ3n) is 1.49. The Hall–Kier alpha value is -0.540. The molecule has 0 heterocycles. The van der Waals surface area contributed by atoms with Gasteiger partial charge in [0.25, 0.3) is 0 Å². The van der Waals surface area contributed by atoms with Crippen molar-refractivity contribution < 1.29 is 9.90 Å². The molecule has 66 valence electrons. The van der Waals surface area contributed by atoms with Crippen molar-refractivity contribution in [2.24, 2.45) is 5.73 Å². The van der Waals surface area contributed by atoms with E-state index in [1.54, 1.807) is 13.8 Å². The van der Waals surface area contributed by atoms with Crippen LogP contribution >= 0.6 is 12.4 Å². The summed E-state index contributed by atoms with van der Waals surface area (Å²) in [5.41, 5.74) is 5.50. The first-order valence-electron chi connectivity index (χ1n) is 3.03. The molecule has 0 aromatic carbocycles. The average Bonchev–Trinajstić information content (AvgIpc) is 1.60. The molecule has 4 heteroatoms. The quantitative estimate of drug-likeness (QED) is 0.640. The Balaban J connectivity index is 0. The largest absolute Gasteiger partial charge is 0.481 e. The molecule has 0 amide bonds. The summed E-state index contributed by atoms with van der Waals surface area (Å²) in [4.78, 5) is 10.2. The Kier molecular flexibility index (Phi) is 5.19. The minimum Gasteiger partial charge on any atom is -0.481 e. The van der Waals surface area contributed by atoms with Gasteiger partial charge < -0.3 is 10.8 Å². The smallest absolute Gasteiger partial charge is 0.305 e. The predicted molar refractivity (Wildman–Crippen MR) is 46.9 cm³/mol. The van der Waals surface area contributed by atoms with Gasteiger partial charge in [-0.25, -0.2) is 0 Å². The summed E-state index contributed by atoms with van der Waals surface area (Å²) < 4.78 is 0. The summed E-state index contributed by atoms with van der Waals surface area (Å²) in [6.07, 6.45) is -0.0671. The van der Waals surface area contributed by atoms with Crippen LogP contribution in [0.1, 0.15) is 20.3 Å². The normalized spacial score (nSPS) is 14.5. The van der Waals surface area contributed by atoms with Crippen molar-refractivity contribution >= 4 is 18.4 Å². The first-order chi connectivity index (χ1) is 4.36. The van der Waals surface area contributed by atoms with E-state index in [0.29, 0.717) is 5.57 Å². The second-order valence-electron chi connectivity index (χ2n) is 2.77. The molecule has 0 fully saturated rings. The van der Waals surface area contributed by atoms with Crippen LogP contribution in [-0.4, -0.2) is 16.6 Å². The first-order valence-corrected chi connectivity index (χ1v) is 3.03. The fraction of sp³-hybridized carbons (Fsp3) is 0.571. The molecule has 0 aliphatic heterocycles. The van der Waals surface area contributed by atoms with E-state index in [4.69, 9.17) is 10.8 Å². The number of nitrogens with two attached hydrogens (primary N) is 1. The Bertz CT molecular complexity index is 166. The first kappa shape index (κ1) is 13.1. The molecule has 0 aliphatic carbocycles. The Labute approximate surface area is 72.7 Å². The fourth-order valence-corrected chi connectivity index (χ4v) is 0.465. The average molecular weight is 180 g/mol. The lowest BCUT2D eigenvalue weighted by Crippen LogP contribution is -2.39. The number of hydrogen-bond acceptors (Lipinski definition) is 2. The van der Waals surface area contributed by atoms with Gasteiger partial charge in [0.2, 0.25) is 0 Å². The third-order valence-corrected chi connectivity index (χ3v) is 1.49. The zero-order valence-electron chi connectivity index (χ0n) is 6.76. The molecule has 0 radical (unpaired) electrons. The van der Waals surface area contributed by atoms with Gasteiger partial charge in [0.15, 0.2) is 0 Å². The van der Waals surface area contributed by atoms with Crippen molar-refractivity contribution in [2.45, 2.75) is 25.8 Å². The number of rotatable bonds is 3. The van der Waals surface area contributed by atoms with Gasteiger partial charge in [0.05, 0.1) is 6.42 Å². The fourth-order valence-electron chi connectivity index (χ4n) is 0.465. The van der Waals surface area contributed by atoms with Crippen LogP contribution in [0.4, 0.5) is 0 Å². The van der Waals surface area contributed by atoms with E-state index >= 15 is 0 Å². The lowest BCUT2D eigenvalue weighted by molar-refractivity contribution is -0.137. The maximum Gasteiger partial charge on any atom is 0.305 e. The topological polar surface area (TPSA) is 63.3 Å². The zero-order chi connectivity index (χ0) is 8.36. The highest BCUT2D eigenvalue weighted by atomic mass is 35.5. The molecule has 1 unspecified atom stereocenters. The summed E-state index contributed by atoms with van der Waals surface area (Å²) in [6.45, 7) is 6.97. The molecule has 0 aromatic rings. The minimum absolute atomic E-state index is 0. The highest BCUT2D eigenvalue weighted by Gasteiger charge is 2.22. The van der Waals surface area contributed by atoms with Crippen LogP contribution in [0, 0.1) is 0 Å². The molecule has 11 heavy (non-hydrogen) atoms. The summed E-state index contributed by atoms with van der Waals surface area (Å²) >= 11 is 0. The third kappa shape index (κ3) is 4.81. The molecule has 0 aliphatic rings. The number of hydrogen-bond donors (Lipinski definition) is 2. The predicted octanol–water partition coefficient (Wildman–Crippen LogP) is 1.18. The van der Waals surface area contributed by atoms with Crippen LogP contribution in [-0.2, 0) is 4.79 Å². The van der Waals surface area contributed by atoms with Gasteiger partial charge in [-0.2, -0.15) is 0 Å². The van der Waals surface area contributed by atoms with E-state index in [-0.39, 0.29) is 18.8 Å². The van der Waals surface area contributed by atoms with Gasteiger partial charge >= 0.3 is 5.97 Å². The highest BCUT2D eigenvalue weighted by molar-refractivity contribution is 5.85. The maximum absolute atomic E-state index is 10.2. The van der Waals surface area contributed by atoms with Gasteiger partial charge in [-0.3, -0.25) is 4.79 Å². The molecular weight excluding hydrogens is 166 g/mol. The van der Waals surface area contributed by atoms with Crippen molar-refractivity contribution in [1.29, 1.82) is 0 Å². The monoisotopic (exact) mass is 179 g/mol. The van der Waals surface area contributed by atoms with Gasteiger partial charge in [0.1, 0.15) is 0 Å². The highest BCUT2D eigenvalue weighted by Crippen LogP contribution is 2.14. The minimum atomic E-state index is -0.895. The van der Waals surface area contributed by atoms with Crippen LogP contribution in [0.25, 0.3) is 0 Å². The molecular formula is C7H14ClNO2. The van der Waals surface area contributed by atoms with E-state index < -0.39 is 11.5 Å². The van der Waals surface area contributed by atoms with Crippen molar-refractivity contribution in [2.75, 3.05) is 0 Å². The molecule has 0 aromatic heterocycles. The van der Waals surface area contributed by atoms with Crippen molar-refractivity contribution in [3.05, 3.63) is 12.2 Å². The van der Waals surface area contributed by atoms with E-state index in [9.17, 15) is 4.79 Å². The molecule has 0 saturated heterocycles. The summed E-state index contributed by atoms with van der Waals surface area (Å²) in [5.74, 6) is -0.895. The lowest BCUT2D eigenvalue weighted by Gasteiger charge is -2.22. The molecule has 0 bridgehead atoms. The zero-order valence-corrected chi connectivity index (χ0v) is 7.57. The summed E-state index contributed by atoms with van der Waals surface area (Å²) in [6, 6.07) is 0. The number of aliphatic carboxylic acids is 1. The van der Waals surface area contributed by atoms with Gasteiger partial charge in [0, 0.05) is 5.54 Å². The SMILES string of the molecule is C=C(C)C(C)(N)CC(=O)O.Cl. The molecule has 0 rings (SSSR count). The maximum atomic E-state index is 10.2. The van der Waals surface area contributed by atoms with E-state index in [2.05, 4.69) is 6.58 Å². The van der Waals surface area contributed by atoms with Gasteiger partial charge in [-0.05, 0) is 13.8 Å². The number of halogens is 1. The number of carbonyl (C=O) groups is 1. The Morgan fingerprint density at radius 3 is 2.18 bits per heavy atom. The van der Waals surface area contributed by atoms with Gasteiger partial charge in [-0.1, -0.05) is 12.2 Å². The molecule has 1 atom stereocenters. The molecule has 3 N–H and O–H groups in total. The van der Waals surface area contributed by atoms with Crippen molar-refractivity contribution in [1.82, 2.24) is 0 Å². The van der Waals surface area contributed by atoms with Gasteiger partial charge in [-0.15, -0.1) is 12.4 Å². The van der Waals surface area contributed by atoms with E-state index in [1.807, 2.05) is 0 Å². The standard InChI is InChI=1S/C7H13NO2.ClH/c1-5(2)7(3,8)4-6(9)10;/h1,4,8H2,2-3H3,(H,9,10);1H. The Morgan fingerprint density at radius 2 is 2.09 bits per heavy atom. The van der Waals surface area contributed by atoms with Crippen molar-refractivity contribution in [3.8, 4) is 0 Å². The summed E-state index contributed by atoms with van der Waals surface area (Å²) in [7, 11) is 0. The van der Waals surface area contributed by atoms with Crippen LogP contribution in [0.3, 0.4) is 0 Å². The Morgan fingerprint density at radius 1 is 1.73 bits per heavy atom. The van der Waals surface area contributed by atoms with Crippen LogP contribution in [0.5, 0.6) is 0 Å². The van der Waals surface area contributed by atoms with Crippen LogP contribution < -0.4 is 5.73 Å². The second-order valence-corrected chi connectivity index (χ2v) is 2.77. The van der Waals surface area contributed by atoms with Crippen molar-refractivity contribution in [3.63, 3.8) is 0 Å². The molecule has 0 saturated carbocycles. The number of carboxylic acids is 1.